The molecule has 0 radical (unpaired) electrons. The van der Waals surface area contributed by atoms with E-state index in [0.717, 1.165) is 0 Å². The number of carbonyl (C=O) groups excluding carboxylic acids is 1. The molecule has 6 heteroatoms. The Morgan fingerprint density at radius 3 is 1.42 bits per heavy atom. The van der Waals surface area contributed by atoms with Crippen molar-refractivity contribution in [2.24, 2.45) is 17.8 Å². The molecule has 0 aromatic carbocycles. The first-order valence-electron chi connectivity index (χ1n) is 9.99. The minimum atomic E-state index is -1.81. The molecule has 0 aromatic heterocycles. The van der Waals surface area contributed by atoms with Crippen molar-refractivity contribution in [2.45, 2.75) is 84.7 Å². The van der Waals surface area contributed by atoms with Crippen molar-refractivity contribution in [3.8, 4) is 0 Å². The van der Waals surface area contributed by atoms with Crippen LogP contribution in [0, 0.1) is 17.8 Å². The summed E-state index contributed by atoms with van der Waals surface area (Å²) in [6.45, 7) is 26.1. The Hall–Kier alpha value is -0.176. The number of esters is 1. The molecule has 0 saturated heterocycles. The van der Waals surface area contributed by atoms with Gasteiger partial charge in [-0.2, -0.15) is 0 Å². The van der Waals surface area contributed by atoms with E-state index < -0.39 is 16.6 Å². The summed E-state index contributed by atoms with van der Waals surface area (Å²) >= 11 is 0. The Labute approximate surface area is 163 Å². The molecule has 1 fully saturated rings. The second-order valence-electron chi connectivity index (χ2n) is 10.7. The molecule has 1 rings (SSSR count). The molecule has 26 heavy (non-hydrogen) atoms. The standard InChI is InChI=1S/C20H42O4Si2/c1-12-22-18(21)17-15(13-23-25(8,9)19(2,3)4)16(17)14-24-26(10,11)20(5,6)7/h15-17H,12-14H2,1-11H3/t15-,16-/m1/s1. The molecule has 154 valence electrons. The van der Waals surface area contributed by atoms with Crippen LogP contribution in [0.4, 0.5) is 0 Å². The summed E-state index contributed by atoms with van der Waals surface area (Å²) in [5.74, 6) is 0.311. The molecule has 2 atom stereocenters. The molecule has 0 spiro atoms. The zero-order valence-electron chi connectivity index (χ0n) is 19.0. The molecule has 0 unspecified atom stereocenters. The predicted octanol–water partition coefficient (Wildman–Crippen LogP) is 5.46. The van der Waals surface area contributed by atoms with Crippen molar-refractivity contribution in [1.82, 2.24) is 0 Å². The van der Waals surface area contributed by atoms with Gasteiger partial charge in [-0.25, -0.2) is 0 Å². The van der Waals surface area contributed by atoms with Crippen LogP contribution in [0.2, 0.25) is 36.3 Å². The van der Waals surface area contributed by atoms with Gasteiger partial charge in [0.25, 0.3) is 0 Å². The van der Waals surface area contributed by atoms with Crippen molar-refractivity contribution < 1.29 is 18.4 Å². The average molecular weight is 403 g/mol. The Bertz CT molecular complexity index is 453. The molecular formula is C20H42O4Si2. The Morgan fingerprint density at radius 2 is 1.15 bits per heavy atom. The summed E-state index contributed by atoms with van der Waals surface area (Å²) < 4.78 is 18.1. The number of carbonyl (C=O) groups is 1. The van der Waals surface area contributed by atoms with E-state index in [-0.39, 0.29) is 33.8 Å². The van der Waals surface area contributed by atoms with E-state index in [2.05, 4.69) is 67.7 Å². The SMILES string of the molecule is CCOC(=O)C1[C@H](CO[Si](C)(C)C(C)(C)C)[C@H]1CO[Si](C)(C)C(C)(C)C. The molecular weight excluding hydrogens is 360 g/mol. The van der Waals surface area contributed by atoms with Crippen LogP contribution in [0.25, 0.3) is 0 Å². The molecule has 0 amide bonds. The number of ether oxygens (including phenoxy) is 1. The van der Waals surface area contributed by atoms with E-state index in [1.165, 1.54) is 0 Å². The third kappa shape index (κ3) is 5.66. The topological polar surface area (TPSA) is 44.8 Å². The summed E-state index contributed by atoms with van der Waals surface area (Å²) in [6.07, 6.45) is 0. The molecule has 0 heterocycles. The van der Waals surface area contributed by atoms with Gasteiger partial charge in [-0.05, 0) is 43.2 Å². The van der Waals surface area contributed by atoms with E-state index in [9.17, 15) is 4.79 Å². The van der Waals surface area contributed by atoms with E-state index in [1.807, 2.05) is 6.92 Å². The smallest absolute Gasteiger partial charge is 0.309 e. The maximum atomic E-state index is 12.4. The van der Waals surface area contributed by atoms with Crippen LogP contribution in [-0.4, -0.2) is 42.4 Å². The van der Waals surface area contributed by atoms with Crippen LogP contribution >= 0.6 is 0 Å². The lowest BCUT2D eigenvalue weighted by Crippen LogP contribution is -2.42. The van der Waals surface area contributed by atoms with Crippen LogP contribution in [0.5, 0.6) is 0 Å². The summed E-state index contributed by atoms with van der Waals surface area (Å²) in [7, 11) is -3.63. The van der Waals surface area contributed by atoms with Gasteiger partial charge >= 0.3 is 5.97 Å². The van der Waals surface area contributed by atoms with Crippen LogP contribution in [0.1, 0.15) is 48.5 Å². The quantitative estimate of drug-likeness (QED) is 0.400. The highest BCUT2D eigenvalue weighted by Crippen LogP contribution is 2.50. The van der Waals surface area contributed by atoms with E-state index >= 15 is 0 Å². The fourth-order valence-electron chi connectivity index (χ4n) is 2.53. The van der Waals surface area contributed by atoms with E-state index in [4.69, 9.17) is 13.6 Å². The molecule has 4 nitrogen and oxygen atoms in total. The number of rotatable bonds is 8. The van der Waals surface area contributed by atoms with Crippen molar-refractivity contribution in [2.75, 3.05) is 19.8 Å². The summed E-state index contributed by atoms with van der Waals surface area (Å²) in [4.78, 5) is 12.4. The maximum Gasteiger partial charge on any atom is 0.309 e. The first-order chi connectivity index (χ1) is 11.5. The normalized spacial score (nSPS) is 24.5. The van der Waals surface area contributed by atoms with Gasteiger partial charge in [0.15, 0.2) is 16.6 Å². The average Bonchev–Trinajstić information content (AvgIpc) is 3.14. The third-order valence-electron chi connectivity index (χ3n) is 6.78. The lowest BCUT2D eigenvalue weighted by atomic mass is 10.2. The van der Waals surface area contributed by atoms with Gasteiger partial charge < -0.3 is 13.6 Å². The fourth-order valence-corrected chi connectivity index (χ4v) is 4.61. The molecule has 0 aromatic rings. The zero-order chi connectivity index (χ0) is 20.6. The molecule has 0 N–H and O–H groups in total. The summed E-state index contributed by atoms with van der Waals surface area (Å²) in [5.41, 5.74) is 0. The van der Waals surface area contributed by atoms with E-state index in [1.54, 1.807) is 0 Å². The Morgan fingerprint density at radius 1 is 0.808 bits per heavy atom. The van der Waals surface area contributed by atoms with Crippen LogP contribution in [0.3, 0.4) is 0 Å². The lowest BCUT2D eigenvalue weighted by molar-refractivity contribution is -0.145. The highest BCUT2D eigenvalue weighted by Gasteiger charge is 2.57. The Balaban J connectivity index is 2.74. The van der Waals surface area contributed by atoms with Gasteiger partial charge in [-0.15, -0.1) is 0 Å². The van der Waals surface area contributed by atoms with Crippen LogP contribution in [0.15, 0.2) is 0 Å². The largest absolute Gasteiger partial charge is 0.466 e. The van der Waals surface area contributed by atoms with Gasteiger partial charge in [0.2, 0.25) is 0 Å². The van der Waals surface area contributed by atoms with Crippen LogP contribution < -0.4 is 0 Å². The monoisotopic (exact) mass is 402 g/mol. The summed E-state index contributed by atoms with van der Waals surface area (Å²) in [6, 6.07) is 0. The zero-order valence-corrected chi connectivity index (χ0v) is 21.0. The van der Waals surface area contributed by atoms with Gasteiger partial charge in [0, 0.05) is 25.0 Å². The minimum absolute atomic E-state index is 0.0653. The van der Waals surface area contributed by atoms with Crippen molar-refractivity contribution in [3.63, 3.8) is 0 Å². The minimum Gasteiger partial charge on any atom is -0.466 e. The van der Waals surface area contributed by atoms with E-state index in [0.29, 0.717) is 19.8 Å². The van der Waals surface area contributed by atoms with Gasteiger partial charge in [0.1, 0.15) is 0 Å². The Kier molecular flexibility index (Phi) is 7.39. The highest BCUT2D eigenvalue weighted by molar-refractivity contribution is 6.74. The van der Waals surface area contributed by atoms with Crippen molar-refractivity contribution in [3.05, 3.63) is 0 Å². The van der Waals surface area contributed by atoms with Crippen molar-refractivity contribution >= 4 is 22.6 Å². The lowest BCUT2D eigenvalue weighted by Gasteiger charge is -2.36. The number of hydrogen-bond acceptors (Lipinski definition) is 4. The fraction of sp³-hybridized carbons (Fsp3) is 0.950. The first kappa shape index (κ1) is 23.9. The molecule has 0 aliphatic heterocycles. The van der Waals surface area contributed by atoms with Crippen molar-refractivity contribution in [1.29, 1.82) is 0 Å². The van der Waals surface area contributed by atoms with Gasteiger partial charge in [-0.3, -0.25) is 4.79 Å². The first-order valence-corrected chi connectivity index (χ1v) is 15.8. The molecule has 1 aliphatic rings. The molecule has 1 aliphatic carbocycles. The second kappa shape index (κ2) is 8.05. The third-order valence-corrected chi connectivity index (χ3v) is 15.8. The second-order valence-corrected chi connectivity index (χ2v) is 20.4. The molecule has 0 bridgehead atoms. The highest BCUT2D eigenvalue weighted by atomic mass is 28.4. The summed E-state index contributed by atoms with van der Waals surface area (Å²) in [5, 5.41) is 0.350. The van der Waals surface area contributed by atoms with Gasteiger partial charge in [0.05, 0.1) is 12.5 Å². The maximum absolute atomic E-state index is 12.4. The van der Waals surface area contributed by atoms with Gasteiger partial charge in [-0.1, -0.05) is 41.5 Å². The predicted molar refractivity (Wildman–Crippen MR) is 113 cm³/mol. The molecule has 1 saturated carbocycles. The number of hydrogen-bond donors (Lipinski definition) is 0. The van der Waals surface area contributed by atoms with Crippen LogP contribution in [-0.2, 0) is 18.4 Å².